The largest absolute Gasteiger partial charge is 0.496 e. The number of hydrogen-bond acceptors (Lipinski definition) is 3. The quantitative estimate of drug-likeness (QED) is 0.223. The fraction of sp³-hybridized carbons (Fsp3) is 0.591. The first-order valence-electron chi connectivity index (χ1n) is 18.1. The highest BCUT2D eigenvalue weighted by Crippen LogP contribution is 2.56. The molecule has 1 aliphatic carbocycles. The number of benzene rings is 3. The van der Waals surface area contributed by atoms with Crippen LogP contribution in [0.5, 0.6) is 11.5 Å². The van der Waals surface area contributed by atoms with Crippen molar-refractivity contribution in [2.75, 3.05) is 28.3 Å². The van der Waals surface area contributed by atoms with Crippen LogP contribution in [-0.4, -0.2) is 38.9 Å². The lowest BCUT2D eigenvalue weighted by Crippen LogP contribution is -2.35. The van der Waals surface area contributed by atoms with Crippen LogP contribution in [0.15, 0.2) is 54.6 Å². The summed E-state index contributed by atoms with van der Waals surface area (Å²) in [6, 6.07) is 21.8. The van der Waals surface area contributed by atoms with Gasteiger partial charge in [0.15, 0.2) is 0 Å². The third kappa shape index (κ3) is 8.00. The third-order valence-electron chi connectivity index (χ3n) is 10.3. The van der Waals surface area contributed by atoms with Crippen molar-refractivity contribution >= 4 is 18.5 Å². The Morgan fingerprint density at radius 2 is 0.979 bits per heavy atom. The van der Waals surface area contributed by atoms with Crippen LogP contribution in [0, 0.1) is 5.92 Å². The van der Waals surface area contributed by atoms with E-state index in [1.54, 1.807) is 0 Å². The Labute approximate surface area is 296 Å². The fourth-order valence-electron chi connectivity index (χ4n) is 7.94. The van der Waals surface area contributed by atoms with Crippen LogP contribution in [0.3, 0.4) is 0 Å². The first kappa shape index (κ1) is 38.5. The van der Waals surface area contributed by atoms with E-state index in [0.717, 1.165) is 11.5 Å². The zero-order valence-electron chi connectivity index (χ0n) is 33.3. The van der Waals surface area contributed by atoms with Crippen molar-refractivity contribution in [3.05, 3.63) is 82.4 Å². The molecule has 48 heavy (non-hydrogen) atoms. The Hall–Kier alpha value is -2.35. The van der Waals surface area contributed by atoms with Gasteiger partial charge in [0.05, 0.1) is 14.2 Å². The molecule has 0 saturated heterocycles. The minimum atomic E-state index is -0.765. The van der Waals surface area contributed by atoms with Crippen molar-refractivity contribution in [1.29, 1.82) is 0 Å². The SMILES string of the molecule is COc1c(C(C)(C)C)cc(P(c2cc(C(C)(C)C)c(OC)c(C(C)(C)C)c2)C2CCCC2[C@@H](c2ccccc2)N(C)C)cc1C(C)(C)C. The summed E-state index contributed by atoms with van der Waals surface area (Å²) in [5.41, 5.74) is 6.91. The lowest BCUT2D eigenvalue weighted by molar-refractivity contribution is 0.217. The monoisotopic (exact) mass is 671 g/mol. The molecule has 264 valence electrons. The first-order valence-corrected chi connectivity index (χ1v) is 19.5. The van der Waals surface area contributed by atoms with Crippen LogP contribution < -0.4 is 20.1 Å². The van der Waals surface area contributed by atoms with E-state index < -0.39 is 7.92 Å². The second kappa shape index (κ2) is 14.1. The molecule has 0 aromatic heterocycles. The van der Waals surface area contributed by atoms with Crippen molar-refractivity contribution in [2.24, 2.45) is 5.92 Å². The standard InChI is InChI=1S/C44H66NO2P/c1-41(2,3)33-25-30(26-34(39(33)46-15)42(4,5)6)48(31-27-35(43(7,8)9)40(47-16)36(28-31)44(10,11)12)37-24-20-23-32(37)38(45(13)14)29-21-18-17-19-22-29/h17-19,21-22,25-28,32,37-38H,20,23-24H2,1-16H3/t32?,37?,38-/m1/s1. The Morgan fingerprint density at radius 1 is 0.604 bits per heavy atom. The maximum Gasteiger partial charge on any atom is 0.126 e. The molecule has 1 fully saturated rings. The lowest BCUT2D eigenvalue weighted by Gasteiger charge is -2.40. The van der Waals surface area contributed by atoms with Gasteiger partial charge in [-0.1, -0.05) is 120 Å². The maximum atomic E-state index is 6.29. The van der Waals surface area contributed by atoms with E-state index in [4.69, 9.17) is 9.47 Å². The Morgan fingerprint density at radius 3 is 1.29 bits per heavy atom. The van der Waals surface area contributed by atoms with Crippen LogP contribution in [0.4, 0.5) is 0 Å². The molecule has 0 spiro atoms. The Balaban J connectivity index is 2.15. The molecule has 3 aromatic rings. The van der Waals surface area contributed by atoms with Crippen LogP contribution in [-0.2, 0) is 21.7 Å². The first-order chi connectivity index (χ1) is 22.1. The molecule has 0 radical (unpaired) electrons. The summed E-state index contributed by atoms with van der Waals surface area (Å²) in [5.74, 6) is 2.63. The molecule has 3 atom stereocenters. The summed E-state index contributed by atoms with van der Waals surface area (Å²) in [6.07, 6.45) is 3.73. The highest BCUT2D eigenvalue weighted by molar-refractivity contribution is 7.73. The molecule has 0 heterocycles. The average Bonchev–Trinajstić information content (AvgIpc) is 3.43. The molecule has 4 heteroatoms. The van der Waals surface area contributed by atoms with Gasteiger partial charge in [-0.2, -0.15) is 0 Å². The Kier molecular flexibility index (Phi) is 11.3. The van der Waals surface area contributed by atoms with E-state index in [9.17, 15) is 0 Å². The molecule has 0 aliphatic heterocycles. The highest BCUT2D eigenvalue weighted by Gasteiger charge is 2.43. The summed E-state index contributed by atoms with van der Waals surface area (Å²) >= 11 is 0. The van der Waals surface area contributed by atoms with Crippen molar-refractivity contribution in [2.45, 2.75) is 136 Å². The minimum Gasteiger partial charge on any atom is -0.496 e. The van der Waals surface area contributed by atoms with Crippen molar-refractivity contribution in [1.82, 2.24) is 4.90 Å². The number of ether oxygens (including phenoxy) is 2. The van der Waals surface area contributed by atoms with Crippen molar-refractivity contribution in [3.8, 4) is 11.5 Å². The van der Waals surface area contributed by atoms with Gasteiger partial charge in [-0.15, -0.1) is 0 Å². The number of hydrogen-bond donors (Lipinski definition) is 0. The molecule has 2 unspecified atom stereocenters. The fourth-order valence-corrected chi connectivity index (χ4v) is 11.2. The summed E-state index contributed by atoms with van der Waals surface area (Å²) in [4.78, 5) is 2.48. The lowest BCUT2D eigenvalue weighted by atomic mass is 9.79. The van der Waals surface area contributed by atoms with Crippen LogP contribution >= 0.6 is 7.92 Å². The summed E-state index contributed by atoms with van der Waals surface area (Å²) in [7, 11) is 7.50. The van der Waals surface area contributed by atoms with Crippen molar-refractivity contribution < 1.29 is 9.47 Å². The second-order valence-corrected chi connectivity index (χ2v) is 20.9. The van der Waals surface area contributed by atoms with E-state index in [2.05, 4.69) is 157 Å². The minimum absolute atomic E-state index is 0.0688. The molecule has 0 amide bonds. The van der Waals surface area contributed by atoms with Gasteiger partial charge >= 0.3 is 0 Å². The van der Waals surface area contributed by atoms with E-state index >= 15 is 0 Å². The van der Waals surface area contributed by atoms with Gasteiger partial charge in [0.25, 0.3) is 0 Å². The highest BCUT2D eigenvalue weighted by atomic mass is 31.1. The molecule has 0 N–H and O–H groups in total. The third-order valence-corrected chi connectivity index (χ3v) is 13.2. The molecule has 3 nitrogen and oxygen atoms in total. The van der Waals surface area contributed by atoms with Gasteiger partial charge in [-0.05, 0) is 109 Å². The van der Waals surface area contributed by atoms with Gasteiger partial charge in [0, 0.05) is 28.3 Å². The van der Waals surface area contributed by atoms with E-state index in [0.29, 0.717) is 17.6 Å². The smallest absolute Gasteiger partial charge is 0.126 e. The topological polar surface area (TPSA) is 21.7 Å². The number of rotatable bonds is 8. The predicted molar refractivity (Wildman–Crippen MR) is 211 cm³/mol. The molecule has 1 saturated carbocycles. The zero-order chi connectivity index (χ0) is 36.0. The van der Waals surface area contributed by atoms with E-state index in [1.807, 2.05) is 14.2 Å². The maximum absolute atomic E-state index is 6.29. The van der Waals surface area contributed by atoms with E-state index in [1.165, 1.54) is 57.7 Å². The molecule has 3 aromatic carbocycles. The number of methoxy groups -OCH3 is 2. The summed E-state index contributed by atoms with van der Waals surface area (Å²) in [5, 5.41) is 2.96. The average molecular weight is 672 g/mol. The zero-order valence-corrected chi connectivity index (χ0v) is 34.2. The van der Waals surface area contributed by atoms with Gasteiger partial charge in [-0.25, -0.2) is 0 Å². The van der Waals surface area contributed by atoms with Gasteiger partial charge in [-0.3, -0.25) is 0 Å². The van der Waals surface area contributed by atoms with Crippen LogP contribution in [0.2, 0.25) is 0 Å². The molecule has 1 aliphatic rings. The predicted octanol–water partition coefficient (Wildman–Crippen LogP) is 10.8. The van der Waals surface area contributed by atoms with Crippen molar-refractivity contribution in [3.63, 3.8) is 0 Å². The summed E-state index contributed by atoms with van der Waals surface area (Å²) < 4.78 is 12.6. The Bertz CT molecular complexity index is 1390. The molecule has 4 rings (SSSR count). The second-order valence-electron chi connectivity index (χ2n) is 18.5. The summed E-state index contributed by atoms with van der Waals surface area (Å²) in [6.45, 7) is 28.0. The van der Waals surface area contributed by atoms with Crippen LogP contribution in [0.25, 0.3) is 0 Å². The molecular weight excluding hydrogens is 605 g/mol. The van der Waals surface area contributed by atoms with Gasteiger partial charge < -0.3 is 14.4 Å². The molecule has 0 bridgehead atoms. The van der Waals surface area contributed by atoms with E-state index in [-0.39, 0.29) is 21.7 Å². The van der Waals surface area contributed by atoms with Crippen LogP contribution in [0.1, 0.15) is 136 Å². The normalized spacial score (nSPS) is 18.5. The van der Waals surface area contributed by atoms with Gasteiger partial charge in [0.1, 0.15) is 11.5 Å². The molecular formula is C44H66NO2P. The van der Waals surface area contributed by atoms with Gasteiger partial charge in [0.2, 0.25) is 0 Å². The number of nitrogens with zero attached hydrogens (tertiary/aromatic N) is 1.